The number of ether oxygens (including phenoxy) is 1. The van der Waals surface area contributed by atoms with E-state index in [2.05, 4.69) is 10.1 Å². The zero-order chi connectivity index (χ0) is 21.4. The van der Waals surface area contributed by atoms with E-state index in [-0.39, 0.29) is 30.4 Å². The second-order valence-corrected chi connectivity index (χ2v) is 7.39. The number of hydrogen-bond donors (Lipinski definition) is 1. The first-order valence-corrected chi connectivity index (χ1v) is 10.1. The van der Waals surface area contributed by atoms with Gasteiger partial charge in [-0.25, -0.2) is 0 Å². The molecule has 0 radical (unpaired) electrons. The highest BCUT2D eigenvalue weighted by Gasteiger charge is 2.28. The van der Waals surface area contributed by atoms with E-state index in [1.165, 1.54) is 0 Å². The van der Waals surface area contributed by atoms with Gasteiger partial charge in [-0.1, -0.05) is 26.0 Å². The second-order valence-electron chi connectivity index (χ2n) is 7.39. The van der Waals surface area contributed by atoms with Gasteiger partial charge >= 0.3 is 6.18 Å². The summed E-state index contributed by atoms with van der Waals surface area (Å²) in [4.78, 5) is 26.7. The van der Waals surface area contributed by atoms with E-state index >= 15 is 0 Å². The maximum atomic E-state index is 12.4. The quantitative estimate of drug-likeness (QED) is 0.701. The van der Waals surface area contributed by atoms with Crippen molar-refractivity contribution < 1.29 is 27.5 Å². The van der Waals surface area contributed by atoms with E-state index in [4.69, 9.17) is 0 Å². The predicted molar refractivity (Wildman–Crippen MR) is 103 cm³/mol. The smallest absolute Gasteiger partial charge is 0.367 e. The molecule has 29 heavy (non-hydrogen) atoms. The Morgan fingerprint density at radius 1 is 1.14 bits per heavy atom. The lowest BCUT2D eigenvalue weighted by Crippen LogP contribution is -2.48. The zero-order valence-corrected chi connectivity index (χ0v) is 16.9. The molecule has 1 fully saturated rings. The van der Waals surface area contributed by atoms with Crippen LogP contribution in [0.3, 0.4) is 0 Å². The van der Waals surface area contributed by atoms with Crippen molar-refractivity contribution in [3.8, 4) is 0 Å². The molecule has 1 aliphatic heterocycles. The Morgan fingerprint density at radius 3 is 2.24 bits per heavy atom. The molecule has 0 atom stereocenters. The number of amides is 2. The second kappa shape index (κ2) is 10.6. The first-order chi connectivity index (χ1) is 13.7. The van der Waals surface area contributed by atoms with Crippen molar-refractivity contribution in [2.24, 2.45) is 5.92 Å². The van der Waals surface area contributed by atoms with Crippen LogP contribution in [-0.2, 0) is 16.1 Å². The van der Waals surface area contributed by atoms with Crippen molar-refractivity contribution >= 4 is 11.8 Å². The Labute approximate surface area is 169 Å². The molecule has 5 nitrogen and oxygen atoms in total. The summed E-state index contributed by atoms with van der Waals surface area (Å²) in [6.07, 6.45) is -1.26. The van der Waals surface area contributed by atoms with Gasteiger partial charge in [-0.15, -0.1) is 0 Å². The number of rotatable bonds is 8. The van der Waals surface area contributed by atoms with Crippen molar-refractivity contribution in [1.82, 2.24) is 10.2 Å². The third-order valence-corrected chi connectivity index (χ3v) is 5.23. The number of nitrogens with zero attached hydrogens (tertiary/aromatic N) is 1. The Hall–Kier alpha value is -2.09. The fourth-order valence-electron chi connectivity index (χ4n) is 3.45. The van der Waals surface area contributed by atoms with Crippen molar-refractivity contribution in [2.75, 3.05) is 19.7 Å². The third-order valence-electron chi connectivity index (χ3n) is 5.23. The number of likely N-dealkylation sites (tertiary alicyclic amines) is 1. The topological polar surface area (TPSA) is 58.6 Å². The van der Waals surface area contributed by atoms with E-state index in [1.54, 1.807) is 24.3 Å². The van der Waals surface area contributed by atoms with E-state index in [0.717, 1.165) is 12.8 Å². The lowest BCUT2D eigenvalue weighted by atomic mass is 9.98. The highest BCUT2D eigenvalue weighted by atomic mass is 19.4. The monoisotopic (exact) mass is 414 g/mol. The lowest BCUT2D eigenvalue weighted by Gasteiger charge is -2.34. The van der Waals surface area contributed by atoms with Crippen molar-refractivity contribution in [3.05, 3.63) is 35.4 Å². The standard InChI is InChI=1S/C21H29F3N2O3/c1-3-16(4-2)20(28)26-11-9-18(10-12-26)25-19(27)17-7-5-15(6-8-17)13-29-14-21(22,23)24/h5-8,16,18H,3-4,9-14H2,1-2H3,(H,25,27). The molecule has 162 valence electrons. The molecule has 2 amide bonds. The first-order valence-electron chi connectivity index (χ1n) is 10.1. The van der Waals surface area contributed by atoms with Crippen LogP contribution in [0.5, 0.6) is 0 Å². The van der Waals surface area contributed by atoms with Gasteiger partial charge in [0.2, 0.25) is 5.91 Å². The van der Waals surface area contributed by atoms with Crippen LogP contribution in [0.25, 0.3) is 0 Å². The number of carbonyl (C=O) groups is 2. The zero-order valence-electron chi connectivity index (χ0n) is 16.9. The van der Waals surface area contributed by atoms with Gasteiger partial charge < -0.3 is 15.0 Å². The molecule has 0 aromatic heterocycles. The first kappa shape index (κ1) is 23.2. The summed E-state index contributed by atoms with van der Waals surface area (Å²) in [5.74, 6) is 0.0420. The molecule has 1 aromatic rings. The normalized spacial score (nSPS) is 15.6. The molecule has 1 aromatic carbocycles. The summed E-state index contributed by atoms with van der Waals surface area (Å²) >= 11 is 0. The maximum absolute atomic E-state index is 12.4. The van der Waals surface area contributed by atoms with Crippen LogP contribution in [0.2, 0.25) is 0 Å². The summed E-state index contributed by atoms with van der Waals surface area (Å²) in [5, 5.41) is 2.98. The van der Waals surface area contributed by atoms with Gasteiger partial charge in [0.25, 0.3) is 5.91 Å². The van der Waals surface area contributed by atoms with Crippen LogP contribution in [0.15, 0.2) is 24.3 Å². The van der Waals surface area contributed by atoms with Crippen LogP contribution in [0.1, 0.15) is 55.5 Å². The average Bonchev–Trinajstić information content (AvgIpc) is 2.69. The summed E-state index contributed by atoms with van der Waals surface area (Å²) in [6, 6.07) is 6.33. The molecular weight excluding hydrogens is 385 g/mol. The molecule has 0 saturated carbocycles. The highest BCUT2D eigenvalue weighted by molar-refractivity contribution is 5.94. The van der Waals surface area contributed by atoms with Gasteiger partial charge in [-0.05, 0) is 43.4 Å². The van der Waals surface area contributed by atoms with Crippen LogP contribution >= 0.6 is 0 Å². The molecule has 0 aliphatic carbocycles. The molecule has 1 aliphatic rings. The molecule has 0 unspecified atom stereocenters. The summed E-state index contributed by atoms with van der Waals surface area (Å²) in [6.45, 7) is 3.85. The molecule has 8 heteroatoms. The van der Waals surface area contributed by atoms with Crippen LogP contribution in [0.4, 0.5) is 13.2 Å². The molecule has 2 rings (SSSR count). The molecular formula is C21H29F3N2O3. The van der Waals surface area contributed by atoms with Gasteiger partial charge in [0.15, 0.2) is 0 Å². The minimum atomic E-state index is -4.35. The maximum Gasteiger partial charge on any atom is 0.411 e. The molecule has 0 bridgehead atoms. The molecule has 1 heterocycles. The summed E-state index contributed by atoms with van der Waals surface area (Å²) in [7, 11) is 0. The van der Waals surface area contributed by atoms with Crippen LogP contribution in [-0.4, -0.2) is 48.6 Å². The Kier molecular flexibility index (Phi) is 8.49. The van der Waals surface area contributed by atoms with Gasteiger partial charge in [0.05, 0.1) is 6.61 Å². The van der Waals surface area contributed by atoms with E-state index in [9.17, 15) is 22.8 Å². The number of halogens is 3. The van der Waals surface area contributed by atoms with E-state index < -0.39 is 12.8 Å². The fourth-order valence-corrected chi connectivity index (χ4v) is 3.45. The highest BCUT2D eigenvalue weighted by Crippen LogP contribution is 2.18. The minimum absolute atomic E-state index is 0.00282. The Balaban J connectivity index is 1.78. The number of piperidine rings is 1. The average molecular weight is 414 g/mol. The minimum Gasteiger partial charge on any atom is -0.367 e. The molecule has 1 saturated heterocycles. The van der Waals surface area contributed by atoms with Gasteiger partial charge in [-0.2, -0.15) is 13.2 Å². The predicted octanol–water partition coefficient (Wildman–Crippen LogP) is 3.92. The van der Waals surface area contributed by atoms with Gasteiger partial charge in [0.1, 0.15) is 6.61 Å². The lowest BCUT2D eigenvalue weighted by molar-refractivity contribution is -0.176. The fraction of sp³-hybridized carbons (Fsp3) is 0.619. The number of nitrogens with one attached hydrogen (secondary N) is 1. The Bertz CT molecular complexity index is 665. The number of alkyl halides is 3. The van der Waals surface area contributed by atoms with Gasteiger partial charge in [0, 0.05) is 30.6 Å². The molecule has 1 N–H and O–H groups in total. The number of hydrogen-bond acceptors (Lipinski definition) is 3. The van der Waals surface area contributed by atoms with Crippen molar-refractivity contribution in [3.63, 3.8) is 0 Å². The SMILES string of the molecule is CCC(CC)C(=O)N1CCC(NC(=O)c2ccc(COCC(F)(F)F)cc2)CC1. The van der Waals surface area contributed by atoms with E-state index in [1.807, 2.05) is 18.7 Å². The van der Waals surface area contributed by atoms with Crippen LogP contribution < -0.4 is 5.32 Å². The third kappa shape index (κ3) is 7.34. The summed E-state index contributed by atoms with van der Waals surface area (Å²) < 4.78 is 40.9. The molecule has 0 spiro atoms. The van der Waals surface area contributed by atoms with Crippen LogP contribution in [0, 0.1) is 5.92 Å². The van der Waals surface area contributed by atoms with Crippen molar-refractivity contribution in [1.29, 1.82) is 0 Å². The van der Waals surface area contributed by atoms with Gasteiger partial charge in [-0.3, -0.25) is 9.59 Å². The van der Waals surface area contributed by atoms with E-state index in [0.29, 0.717) is 37.1 Å². The van der Waals surface area contributed by atoms with Crippen molar-refractivity contribution in [2.45, 2.75) is 58.4 Å². The Morgan fingerprint density at radius 2 is 1.72 bits per heavy atom. The number of benzene rings is 1. The largest absolute Gasteiger partial charge is 0.411 e. The summed E-state index contributed by atoms with van der Waals surface area (Å²) in [5.41, 5.74) is 1.01. The number of carbonyl (C=O) groups excluding carboxylic acids is 2.